The van der Waals surface area contributed by atoms with Crippen molar-refractivity contribution in [3.8, 4) is 0 Å². The summed E-state index contributed by atoms with van der Waals surface area (Å²) in [4.78, 5) is 11.5. The maximum absolute atomic E-state index is 13.1. The highest BCUT2D eigenvalue weighted by molar-refractivity contribution is 5.46. The molecule has 0 N–H and O–H groups in total. The number of aryl methyl sites for hydroxylation is 1. The number of halogens is 3. The second-order valence-electron chi connectivity index (χ2n) is 6.63. The van der Waals surface area contributed by atoms with Gasteiger partial charge in [-0.15, -0.1) is 0 Å². The third-order valence-electron chi connectivity index (χ3n) is 4.30. The molecule has 1 atom stereocenters. The maximum atomic E-state index is 13.1. The molecule has 1 fully saturated rings. The third kappa shape index (κ3) is 4.02. The summed E-state index contributed by atoms with van der Waals surface area (Å²) in [5.41, 5.74) is 0.227. The minimum absolute atomic E-state index is 0.146. The SMILES string of the molecule is CN(C)c1cc(C(F)(F)F)nc(N2CCC(Cc3cnn(C)c3)C2)n1. The van der Waals surface area contributed by atoms with Crippen LogP contribution in [0.4, 0.5) is 24.9 Å². The van der Waals surface area contributed by atoms with Crippen LogP contribution in [-0.4, -0.2) is 46.9 Å². The molecule has 1 aliphatic heterocycles. The molecule has 0 aliphatic carbocycles. The van der Waals surface area contributed by atoms with Gasteiger partial charge in [0.15, 0.2) is 5.69 Å². The first-order chi connectivity index (χ1) is 11.7. The van der Waals surface area contributed by atoms with Crippen LogP contribution in [0.15, 0.2) is 18.5 Å². The van der Waals surface area contributed by atoms with Crippen LogP contribution in [0.1, 0.15) is 17.7 Å². The van der Waals surface area contributed by atoms with Crippen LogP contribution >= 0.6 is 0 Å². The molecule has 1 unspecified atom stereocenters. The average Bonchev–Trinajstić information content (AvgIpc) is 3.15. The van der Waals surface area contributed by atoms with Gasteiger partial charge in [0.2, 0.25) is 5.95 Å². The normalized spacial score (nSPS) is 18.0. The predicted molar refractivity (Wildman–Crippen MR) is 88.6 cm³/mol. The van der Waals surface area contributed by atoms with Crippen molar-refractivity contribution in [3.05, 3.63) is 29.7 Å². The number of alkyl halides is 3. The number of aromatic nitrogens is 4. The Bertz CT molecular complexity index is 740. The largest absolute Gasteiger partial charge is 0.433 e. The molecule has 0 radical (unpaired) electrons. The Morgan fingerprint density at radius 2 is 2.04 bits per heavy atom. The summed E-state index contributed by atoms with van der Waals surface area (Å²) in [5.74, 6) is 0.755. The van der Waals surface area contributed by atoms with Crippen LogP contribution < -0.4 is 9.80 Å². The van der Waals surface area contributed by atoms with Crippen LogP contribution in [0.3, 0.4) is 0 Å². The summed E-state index contributed by atoms with van der Waals surface area (Å²) in [6.07, 6.45) is 1.05. The van der Waals surface area contributed by atoms with E-state index >= 15 is 0 Å². The van der Waals surface area contributed by atoms with Crippen molar-refractivity contribution >= 4 is 11.8 Å². The number of hydrogen-bond acceptors (Lipinski definition) is 5. The van der Waals surface area contributed by atoms with Crippen LogP contribution in [-0.2, 0) is 19.6 Å². The van der Waals surface area contributed by atoms with Crippen LogP contribution in [0.25, 0.3) is 0 Å². The standard InChI is InChI=1S/C16H21F3N6/c1-23(2)14-7-13(16(17,18)19)21-15(22-14)25-5-4-11(10-25)6-12-8-20-24(3)9-12/h7-9,11H,4-6,10H2,1-3H3. The van der Waals surface area contributed by atoms with Gasteiger partial charge < -0.3 is 9.80 Å². The van der Waals surface area contributed by atoms with E-state index in [1.54, 1.807) is 23.7 Å². The van der Waals surface area contributed by atoms with Gasteiger partial charge in [0.05, 0.1) is 6.20 Å². The molecule has 9 heteroatoms. The highest BCUT2D eigenvalue weighted by atomic mass is 19.4. The van der Waals surface area contributed by atoms with Gasteiger partial charge >= 0.3 is 6.18 Å². The lowest BCUT2D eigenvalue weighted by atomic mass is 10.0. The van der Waals surface area contributed by atoms with Gasteiger partial charge in [-0.3, -0.25) is 4.68 Å². The zero-order valence-electron chi connectivity index (χ0n) is 14.5. The van der Waals surface area contributed by atoms with Gasteiger partial charge in [-0.25, -0.2) is 4.98 Å². The van der Waals surface area contributed by atoms with Gasteiger partial charge in [-0.2, -0.15) is 23.3 Å². The topological polar surface area (TPSA) is 50.1 Å². The monoisotopic (exact) mass is 354 g/mol. The van der Waals surface area contributed by atoms with Crippen LogP contribution in [0.2, 0.25) is 0 Å². The summed E-state index contributed by atoms with van der Waals surface area (Å²) in [6, 6.07) is 0.979. The molecule has 1 aliphatic rings. The Morgan fingerprint density at radius 3 is 2.64 bits per heavy atom. The molecule has 2 aromatic rings. The smallest absolute Gasteiger partial charge is 0.363 e. The van der Waals surface area contributed by atoms with Gasteiger partial charge in [0.1, 0.15) is 5.82 Å². The van der Waals surface area contributed by atoms with E-state index in [1.807, 2.05) is 24.3 Å². The van der Waals surface area contributed by atoms with Gasteiger partial charge in [0, 0.05) is 46.5 Å². The Hall–Kier alpha value is -2.32. The van der Waals surface area contributed by atoms with Crippen LogP contribution in [0, 0.1) is 5.92 Å². The number of hydrogen-bond donors (Lipinski definition) is 0. The Balaban J connectivity index is 1.78. The lowest BCUT2D eigenvalue weighted by Crippen LogP contribution is -2.25. The van der Waals surface area contributed by atoms with Crippen molar-refractivity contribution in [1.29, 1.82) is 0 Å². The molecule has 3 rings (SSSR count). The molecule has 1 saturated heterocycles. The fraction of sp³-hybridized carbons (Fsp3) is 0.562. The van der Waals surface area contributed by atoms with Crippen molar-refractivity contribution in [2.24, 2.45) is 13.0 Å². The molecule has 0 aromatic carbocycles. The summed E-state index contributed by atoms with van der Waals surface area (Å²) in [5, 5.41) is 4.15. The van der Waals surface area contributed by atoms with E-state index < -0.39 is 11.9 Å². The summed E-state index contributed by atoms with van der Waals surface area (Å²) in [6.45, 7) is 1.29. The highest BCUT2D eigenvalue weighted by Gasteiger charge is 2.35. The van der Waals surface area contributed by atoms with Crippen LogP contribution in [0.5, 0.6) is 0 Å². The maximum Gasteiger partial charge on any atom is 0.433 e. The minimum atomic E-state index is -4.49. The predicted octanol–water partition coefficient (Wildman–Crippen LogP) is 2.36. The van der Waals surface area contributed by atoms with Crippen molar-refractivity contribution in [1.82, 2.24) is 19.7 Å². The molecule has 3 heterocycles. The summed E-state index contributed by atoms with van der Waals surface area (Å²) in [7, 11) is 5.20. The molecule has 0 spiro atoms. The van der Waals surface area contributed by atoms with Crippen molar-refractivity contribution in [2.75, 3.05) is 37.0 Å². The molecule has 2 aromatic heterocycles. The van der Waals surface area contributed by atoms with Gasteiger partial charge in [-0.05, 0) is 24.3 Å². The van der Waals surface area contributed by atoms with E-state index in [2.05, 4.69) is 15.1 Å². The Kier molecular flexibility index (Phi) is 4.57. The Labute approximate surface area is 144 Å². The zero-order valence-corrected chi connectivity index (χ0v) is 14.5. The van der Waals surface area contributed by atoms with E-state index in [0.29, 0.717) is 19.0 Å². The summed E-state index contributed by atoms with van der Waals surface area (Å²) >= 11 is 0. The quantitative estimate of drug-likeness (QED) is 0.844. The first-order valence-corrected chi connectivity index (χ1v) is 8.08. The Morgan fingerprint density at radius 1 is 1.28 bits per heavy atom. The molecular weight excluding hydrogens is 333 g/mol. The molecule has 0 saturated carbocycles. The minimum Gasteiger partial charge on any atom is -0.363 e. The van der Waals surface area contributed by atoms with Gasteiger partial charge in [0.25, 0.3) is 0 Å². The average molecular weight is 354 g/mol. The van der Waals surface area contributed by atoms with Crippen molar-refractivity contribution < 1.29 is 13.2 Å². The number of nitrogens with zero attached hydrogens (tertiary/aromatic N) is 6. The summed E-state index contributed by atoms with van der Waals surface area (Å²) < 4.78 is 41.1. The van der Waals surface area contributed by atoms with E-state index in [-0.39, 0.29) is 11.8 Å². The second-order valence-corrected chi connectivity index (χ2v) is 6.63. The first-order valence-electron chi connectivity index (χ1n) is 8.08. The zero-order chi connectivity index (χ0) is 18.2. The third-order valence-corrected chi connectivity index (χ3v) is 4.30. The number of rotatable bonds is 4. The molecule has 25 heavy (non-hydrogen) atoms. The van der Waals surface area contributed by atoms with E-state index in [1.165, 1.54) is 0 Å². The van der Waals surface area contributed by atoms with Gasteiger partial charge in [-0.1, -0.05) is 0 Å². The first kappa shape index (κ1) is 17.5. The molecule has 0 amide bonds. The molecule has 6 nitrogen and oxygen atoms in total. The van der Waals surface area contributed by atoms with Crippen molar-refractivity contribution in [2.45, 2.75) is 19.0 Å². The van der Waals surface area contributed by atoms with E-state index in [9.17, 15) is 13.2 Å². The molecule has 0 bridgehead atoms. The fourth-order valence-corrected chi connectivity index (χ4v) is 3.03. The lowest BCUT2D eigenvalue weighted by Gasteiger charge is -2.21. The molecular formula is C16H21F3N6. The lowest BCUT2D eigenvalue weighted by molar-refractivity contribution is -0.141. The molecule has 136 valence electrons. The number of anilines is 2. The van der Waals surface area contributed by atoms with E-state index in [4.69, 9.17) is 0 Å². The van der Waals surface area contributed by atoms with E-state index in [0.717, 1.165) is 24.5 Å². The highest BCUT2D eigenvalue weighted by Crippen LogP contribution is 2.32. The fourth-order valence-electron chi connectivity index (χ4n) is 3.03. The van der Waals surface area contributed by atoms with Crippen molar-refractivity contribution in [3.63, 3.8) is 0 Å². The second kappa shape index (κ2) is 6.53.